The normalized spacial score (nSPS) is 19.4. The number of hydrogen-bond acceptors (Lipinski definition) is 3. The van der Waals surface area contributed by atoms with Gasteiger partial charge < -0.3 is 8.83 Å². The van der Waals surface area contributed by atoms with Gasteiger partial charge in [-0.15, -0.1) is 0 Å². The molecule has 9 aromatic rings. The summed E-state index contributed by atoms with van der Waals surface area (Å²) in [5, 5.41) is 7.50. The van der Waals surface area contributed by atoms with Crippen molar-refractivity contribution in [3.05, 3.63) is 167 Å². The van der Waals surface area contributed by atoms with Gasteiger partial charge in [-0.3, -0.25) is 4.99 Å². The highest BCUT2D eigenvalue weighted by molar-refractivity contribution is 6.36. The van der Waals surface area contributed by atoms with Gasteiger partial charge in [0.2, 0.25) is 0 Å². The van der Waals surface area contributed by atoms with E-state index in [1.807, 2.05) is 12.1 Å². The third-order valence-corrected chi connectivity index (χ3v) is 12.2. The van der Waals surface area contributed by atoms with Gasteiger partial charge in [-0.2, -0.15) is 0 Å². The van der Waals surface area contributed by atoms with Gasteiger partial charge in [-0.05, 0) is 112 Å². The molecule has 1 aliphatic rings. The minimum Gasteiger partial charge on any atom is -0.456 e. The summed E-state index contributed by atoms with van der Waals surface area (Å²) in [5.41, 5.74) is 10.7. The van der Waals surface area contributed by atoms with Crippen molar-refractivity contribution in [2.24, 2.45) is 16.8 Å². The van der Waals surface area contributed by atoms with Crippen LogP contribution in [-0.4, -0.2) is 5.71 Å². The van der Waals surface area contributed by atoms with Gasteiger partial charge in [0, 0.05) is 33.2 Å². The summed E-state index contributed by atoms with van der Waals surface area (Å²) in [5.74, 6) is 0.679. The third kappa shape index (κ3) is 5.53. The summed E-state index contributed by atoms with van der Waals surface area (Å²) in [7, 11) is 0. The fourth-order valence-corrected chi connectivity index (χ4v) is 9.43. The second kappa shape index (κ2) is 13.3. The lowest BCUT2D eigenvalue weighted by molar-refractivity contribution is 0.362. The van der Waals surface area contributed by atoms with E-state index in [0.717, 1.165) is 74.4 Å². The van der Waals surface area contributed by atoms with Gasteiger partial charge in [0.1, 0.15) is 16.7 Å². The lowest BCUT2D eigenvalue weighted by Crippen LogP contribution is -2.28. The van der Waals surface area contributed by atoms with Crippen LogP contribution in [0.2, 0.25) is 5.02 Å². The Morgan fingerprint density at radius 3 is 2.13 bits per heavy atom. The fourth-order valence-electron chi connectivity index (χ4n) is 9.16. The molecular formula is C50H40ClNO2. The first kappa shape index (κ1) is 33.0. The van der Waals surface area contributed by atoms with E-state index < -0.39 is 0 Å². The first-order chi connectivity index (χ1) is 26.5. The molecule has 0 aliphatic carbocycles. The van der Waals surface area contributed by atoms with Crippen LogP contribution in [-0.2, 0) is 0 Å². The molecule has 54 heavy (non-hydrogen) atoms. The van der Waals surface area contributed by atoms with E-state index in [0.29, 0.717) is 10.9 Å². The van der Waals surface area contributed by atoms with Crippen LogP contribution in [0.5, 0.6) is 0 Å². The topological polar surface area (TPSA) is 38.6 Å². The largest absolute Gasteiger partial charge is 0.456 e. The van der Waals surface area contributed by atoms with E-state index in [-0.39, 0.29) is 17.9 Å². The summed E-state index contributed by atoms with van der Waals surface area (Å²) < 4.78 is 12.7. The van der Waals surface area contributed by atoms with Crippen LogP contribution in [0.1, 0.15) is 61.8 Å². The van der Waals surface area contributed by atoms with Crippen molar-refractivity contribution in [1.29, 1.82) is 0 Å². The maximum atomic E-state index is 7.18. The van der Waals surface area contributed by atoms with E-state index in [1.54, 1.807) is 0 Å². The molecule has 7 aromatic carbocycles. The van der Waals surface area contributed by atoms with Gasteiger partial charge in [-0.1, -0.05) is 129 Å². The minimum atomic E-state index is 0.0202. The molecule has 0 amide bonds. The molecule has 0 spiro atoms. The van der Waals surface area contributed by atoms with Crippen LogP contribution in [0, 0.1) is 11.8 Å². The molecule has 0 radical (unpaired) electrons. The molecule has 3 unspecified atom stereocenters. The Bertz CT molecular complexity index is 2860. The molecular weight excluding hydrogens is 682 g/mol. The van der Waals surface area contributed by atoms with Gasteiger partial charge in [0.15, 0.2) is 5.58 Å². The molecule has 3 heterocycles. The summed E-state index contributed by atoms with van der Waals surface area (Å²) in [4.78, 5) is 5.86. The number of hydrogen-bond donors (Lipinski definition) is 0. The number of halogens is 1. The van der Waals surface area contributed by atoms with Gasteiger partial charge >= 0.3 is 0 Å². The Balaban J connectivity index is 1.15. The second-order valence-corrected chi connectivity index (χ2v) is 15.5. The van der Waals surface area contributed by atoms with E-state index in [9.17, 15) is 0 Å². The number of para-hydroxylation sites is 1. The standard InChI is InChI=1S/C50H40ClNO2/c1-3-37-38(36-28-42-47-39-14-8-7-13-33(39)22-26-46(47)54-50(42)43(51)29-36)24-17-30(2)48(34-20-18-32(19-21-34)31-11-5-4-6-12-31)52-49(37)35-23-25-45-41(27-35)40-15-9-10-16-44(40)53-45/h4-16,18-23,25-30,37-38,48H,3,17,24H2,1-2H3/t30-,37?,38?,48?/m1/s1. The highest BCUT2D eigenvalue weighted by Crippen LogP contribution is 2.46. The molecule has 0 N–H and O–H groups in total. The molecule has 0 saturated carbocycles. The lowest BCUT2D eigenvalue weighted by atomic mass is 9.73. The number of benzene rings is 7. The van der Waals surface area contributed by atoms with Gasteiger partial charge in [-0.25, -0.2) is 0 Å². The van der Waals surface area contributed by atoms with Crippen LogP contribution in [0.3, 0.4) is 0 Å². The van der Waals surface area contributed by atoms with Crippen LogP contribution in [0.25, 0.3) is 65.8 Å². The summed E-state index contributed by atoms with van der Waals surface area (Å²) in [6.07, 6.45) is 3.00. The highest BCUT2D eigenvalue weighted by atomic mass is 35.5. The average Bonchev–Trinajstić information content (AvgIpc) is 3.79. The number of nitrogens with zero attached hydrogens (tertiary/aromatic N) is 1. The SMILES string of the molecule is CCC1C(c2ccc3oc4ccccc4c3c2)=NC(c2ccc(-c3ccccc3)cc2)[C@H](C)CCC1c1cc(Cl)c2oc3ccc4ccccc4c3c2c1. The van der Waals surface area contributed by atoms with Gasteiger partial charge in [0.25, 0.3) is 0 Å². The number of rotatable bonds is 5. The molecule has 0 fully saturated rings. The number of aliphatic imine (C=N–C) groups is 1. The smallest absolute Gasteiger partial charge is 0.154 e. The second-order valence-electron chi connectivity index (χ2n) is 15.1. The lowest BCUT2D eigenvalue weighted by Gasteiger charge is -2.35. The Kier molecular flexibility index (Phi) is 8.14. The van der Waals surface area contributed by atoms with E-state index in [1.165, 1.54) is 33.0 Å². The fraction of sp³-hybridized carbons (Fsp3) is 0.180. The van der Waals surface area contributed by atoms with Crippen molar-refractivity contribution in [1.82, 2.24) is 0 Å². The van der Waals surface area contributed by atoms with Crippen molar-refractivity contribution < 1.29 is 8.83 Å². The van der Waals surface area contributed by atoms with Crippen LogP contribution in [0.4, 0.5) is 0 Å². The average molecular weight is 722 g/mol. The summed E-state index contributed by atoms with van der Waals surface area (Å²) >= 11 is 7.18. The first-order valence-corrected chi connectivity index (χ1v) is 19.6. The Morgan fingerprint density at radius 1 is 0.593 bits per heavy atom. The van der Waals surface area contributed by atoms with Crippen molar-refractivity contribution in [3.8, 4) is 11.1 Å². The van der Waals surface area contributed by atoms with Crippen molar-refractivity contribution >= 4 is 72.0 Å². The molecule has 3 nitrogen and oxygen atoms in total. The zero-order chi connectivity index (χ0) is 36.3. The molecule has 1 aliphatic heterocycles. The quantitative estimate of drug-likeness (QED) is 0.177. The van der Waals surface area contributed by atoms with E-state index >= 15 is 0 Å². The molecule has 2 aromatic heterocycles. The monoisotopic (exact) mass is 721 g/mol. The summed E-state index contributed by atoms with van der Waals surface area (Å²) in [6.45, 7) is 4.69. The number of furan rings is 2. The molecule has 4 heteroatoms. The third-order valence-electron chi connectivity index (χ3n) is 11.9. The van der Waals surface area contributed by atoms with E-state index in [4.69, 9.17) is 25.4 Å². The molecule has 0 saturated heterocycles. The zero-order valence-corrected chi connectivity index (χ0v) is 31.2. The van der Waals surface area contributed by atoms with Crippen LogP contribution >= 0.6 is 11.6 Å². The Morgan fingerprint density at radius 2 is 1.30 bits per heavy atom. The van der Waals surface area contributed by atoms with Crippen molar-refractivity contribution in [3.63, 3.8) is 0 Å². The Hall–Kier alpha value is -5.64. The predicted octanol–water partition coefficient (Wildman–Crippen LogP) is 14.7. The summed E-state index contributed by atoms with van der Waals surface area (Å²) in [6, 6.07) is 52.0. The van der Waals surface area contributed by atoms with Crippen LogP contribution in [0.15, 0.2) is 159 Å². The number of fused-ring (bicyclic) bond motifs is 8. The van der Waals surface area contributed by atoms with Crippen molar-refractivity contribution in [2.45, 2.75) is 45.1 Å². The molecule has 264 valence electrons. The Labute approximate surface area is 319 Å². The molecule has 4 atom stereocenters. The van der Waals surface area contributed by atoms with Gasteiger partial charge in [0.05, 0.1) is 11.1 Å². The zero-order valence-electron chi connectivity index (χ0n) is 30.4. The minimum absolute atomic E-state index is 0.0202. The maximum Gasteiger partial charge on any atom is 0.154 e. The first-order valence-electron chi connectivity index (χ1n) is 19.2. The highest BCUT2D eigenvalue weighted by Gasteiger charge is 2.34. The van der Waals surface area contributed by atoms with E-state index in [2.05, 4.69) is 147 Å². The maximum absolute atomic E-state index is 7.18. The molecule has 0 bridgehead atoms. The predicted molar refractivity (Wildman–Crippen MR) is 226 cm³/mol. The van der Waals surface area contributed by atoms with Crippen LogP contribution < -0.4 is 0 Å². The molecule has 10 rings (SSSR count). The van der Waals surface area contributed by atoms with Crippen molar-refractivity contribution in [2.75, 3.05) is 0 Å².